The molecule has 0 bridgehead atoms. The van der Waals surface area contributed by atoms with Crippen molar-refractivity contribution in [3.63, 3.8) is 0 Å². The van der Waals surface area contributed by atoms with Crippen LogP contribution in [0.15, 0.2) is 23.0 Å². The first-order chi connectivity index (χ1) is 13.5. The number of aromatic amines is 1. The van der Waals surface area contributed by atoms with Gasteiger partial charge in [-0.1, -0.05) is 6.07 Å². The first kappa shape index (κ1) is 19.9. The van der Waals surface area contributed by atoms with E-state index >= 15 is 0 Å². The summed E-state index contributed by atoms with van der Waals surface area (Å²) in [5.74, 6) is 2.14. The lowest BCUT2D eigenvalue weighted by molar-refractivity contribution is -0.131. The van der Waals surface area contributed by atoms with E-state index in [-0.39, 0.29) is 11.5 Å². The molecule has 2 aromatic heterocycles. The van der Waals surface area contributed by atoms with Crippen LogP contribution < -0.4 is 15.2 Å². The zero-order chi connectivity index (χ0) is 20.1. The molecule has 1 amide bonds. The van der Waals surface area contributed by atoms with E-state index in [1.807, 2.05) is 36.9 Å². The summed E-state index contributed by atoms with van der Waals surface area (Å²) in [5.41, 5.74) is 1.14. The zero-order valence-electron chi connectivity index (χ0n) is 16.7. The monoisotopic (exact) mass is 385 g/mol. The number of aryl methyl sites for hydroxylation is 2. The Morgan fingerprint density at radius 1 is 1.18 bits per heavy atom. The molecule has 0 saturated carbocycles. The van der Waals surface area contributed by atoms with Gasteiger partial charge in [0.1, 0.15) is 11.6 Å². The predicted molar refractivity (Wildman–Crippen MR) is 107 cm³/mol. The minimum absolute atomic E-state index is 0.0649. The summed E-state index contributed by atoms with van der Waals surface area (Å²) in [4.78, 5) is 40.2. The SMILES string of the molecule is CCOc1cccc(N2CCN(C(=O)CCc3c(C)nc(C)[nH]c3=O)CC2)n1. The number of rotatable bonds is 6. The fourth-order valence-corrected chi connectivity index (χ4v) is 3.43. The van der Waals surface area contributed by atoms with Crippen molar-refractivity contribution < 1.29 is 9.53 Å². The minimum atomic E-state index is -0.150. The Morgan fingerprint density at radius 2 is 1.93 bits per heavy atom. The Kier molecular flexibility index (Phi) is 6.28. The van der Waals surface area contributed by atoms with Gasteiger partial charge in [-0.3, -0.25) is 9.59 Å². The van der Waals surface area contributed by atoms with Crippen LogP contribution in [0.2, 0.25) is 0 Å². The first-order valence-corrected chi connectivity index (χ1v) is 9.67. The first-order valence-electron chi connectivity index (χ1n) is 9.67. The van der Waals surface area contributed by atoms with Gasteiger partial charge in [-0.15, -0.1) is 0 Å². The summed E-state index contributed by atoms with van der Waals surface area (Å²) >= 11 is 0. The van der Waals surface area contributed by atoms with E-state index in [2.05, 4.69) is 19.9 Å². The van der Waals surface area contributed by atoms with E-state index in [0.29, 0.717) is 55.5 Å². The number of H-pyrrole nitrogens is 1. The number of piperazine rings is 1. The molecule has 3 rings (SSSR count). The summed E-state index contributed by atoms with van der Waals surface area (Å²) in [6.07, 6.45) is 0.720. The summed E-state index contributed by atoms with van der Waals surface area (Å²) in [7, 11) is 0. The molecule has 2 aromatic rings. The number of hydrogen-bond donors (Lipinski definition) is 1. The topological polar surface area (TPSA) is 91.4 Å². The molecule has 0 aliphatic carbocycles. The fraction of sp³-hybridized carbons (Fsp3) is 0.500. The van der Waals surface area contributed by atoms with E-state index in [1.54, 1.807) is 6.92 Å². The van der Waals surface area contributed by atoms with Crippen LogP contribution >= 0.6 is 0 Å². The molecular weight excluding hydrogens is 358 g/mol. The number of nitrogens with zero attached hydrogens (tertiary/aromatic N) is 4. The normalized spacial score (nSPS) is 14.2. The second kappa shape index (κ2) is 8.86. The molecule has 0 aromatic carbocycles. The number of ether oxygens (including phenoxy) is 1. The van der Waals surface area contributed by atoms with Crippen molar-refractivity contribution in [2.75, 3.05) is 37.7 Å². The number of hydrogen-bond acceptors (Lipinski definition) is 6. The van der Waals surface area contributed by atoms with E-state index in [1.165, 1.54) is 0 Å². The summed E-state index contributed by atoms with van der Waals surface area (Å²) in [6, 6.07) is 5.73. The number of amides is 1. The van der Waals surface area contributed by atoms with Crippen molar-refractivity contribution in [3.8, 4) is 5.88 Å². The highest BCUT2D eigenvalue weighted by atomic mass is 16.5. The number of anilines is 1. The van der Waals surface area contributed by atoms with Gasteiger partial charge in [-0.2, -0.15) is 4.98 Å². The Hall–Kier alpha value is -2.90. The van der Waals surface area contributed by atoms with Crippen LogP contribution in [0.3, 0.4) is 0 Å². The molecule has 0 radical (unpaired) electrons. The maximum absolute atomic E-state index is 12.6. The highest BCUT2D eigenvalue weighted by Crippen LogP contribution is 2.18. The minimum Gasteiger partial charge on any atom is -0.478 e. The van der Waals surface area contributed by atoms with Crippen molar-refractivity contribution >= 4 is 11.7 Å². The van der Waals surface area contributed by atoms with E-state index in [0.717, 1.165) is 18.9 Å². The molecule has 8 heteroatoms. The van der Waals surface area contributed by atoms with Gasteiger partial charge in [0.05, 0.1) is 6.61 Å². The summed E-state index contributed by atoms with van der Waals surface area (Å²) in [6.45, 7) is 8.80. The van der Waals surface area contributed by atoms with Gasteiger partial charge >= 0.3 is 0 Å². The largest absolute Gasteiger partial charge is 0.478 e. The average molecular weight is 385 g/mol. The number of carbonyl (C=O) groups is 1. The maximum Gasteiger partial charge on any atom is 0.254 e. The van der Waals surface area contributed by atoms with Crippen LogP contribution in [0, 0.1) is 13.8 Å². The standard InChI is InChI=1S/C20H27N5O3/c1-4-28-18-7-5-6-17(23-18)24-10-12-25(13-11-24)19(26)9-8-16-14(2)21-15(3)22-20(16)27/h5-7H,4,8-13H2,1-3H3,(H,21,22,27). The van der Waals surface area contributed by atoms with Crippen LogP contribution in [-0.2, 0) is 11.2 Å². The van der Waals surface area contributed by atoms with Crippen LogP contribution in [0.4, 0.5) is 5.82 Å². The Bertz CT molecular complexity index is 888. The fourth-order valence-electron chi connectivity index (χ4n) is 3.43. The van der Waals surface area contributed by atoms with Crippen LogP contribution in [-0.4, -0.2) is 58.5 Å². The lowest BCUT2D eigenvalue weighted by Crippen LogP contribution is -2.49. The molecule has 1 aliphatic rings. The van der Waals surface area contributed by atoms with Gasteiger partial charge in [-0.25, -0.2) is 4.98 Å². The molecule has 0 spiro atoms. The van der Waals surface area contributed by atoms with Crippen molar-refractivity contribution in [2.45, 2.75) is 33.6 Å². The molecular formula is C20H27N5O3. The lowest BCUT2D eigenvalue weighted by Gasteiger charge is -2.35. The third-order valence-corrected chi connectivity index (χ3v) is 4.89. The lowest BCUT2D eigenvalue weighted by atomic mass is 10.1. The second-order valence-corrected chi connectivity index (χ2v) is 6.85. The van der Waals surface area contributed by atoms with Crippen molar-refractivity contribution in [2.24, 2.45) is 0 Å². The van der Waals surface area contributed by atoms with Crippen molar-refractivity contribution in [1.82, 2.24) is 19.9 Å². The average Bonchev–Trinajstić information content (AvgIpc) is 2.67. The van der Waals surface area contributed by atoms with Crippen LogP contribution in [0.25, 0.3) is 0 Å². The zero-order valence-corrected chi connectivity index (χ0v) is 16.7. The van der Waals surface area contributed by atoms with E-state index in [9.17, 15) is 9.59 Å². The molecule has 0 unspecified atom stereocenters. The van der Waals surface area contributed by atoms with Crippen LogP contribution in [0.1, 0.15) is 30.4 Å². The highest BCUT2D eigenvalue weighted by molar-refractivity contribution is 5.76. The predicted octanol–water partition coefficient (Wildman–Crippen LogP) is 1.46. The third-order valence-electron chi connectivity index (χ3n) is 4.89. The number of aromatic nitrogens is 3. The Morgan fingerprint density at radius 3 is 2.61 bits per heavy atom. The smallest absolute Gasteiger partial charge is 0.254 e. The molecule has 28 heavy (non-hydrogen) atoms. The van der Waals surface area contributed by atoms with Crippen molar-refractivity contribution in [3.05, 3.63) is 45.6 Å². The van der Waals surface area contributed by atoms with E-state index in [4.69, 9.17) is 4.74 Å². The van der Waals surface area contributed by atoms with Crippen molar-refractivity contribution in [1.29, 1.82) is 0 Å². The van der Waals surface area contributed by atoms with Gasteiger partial charge in [0.2, 0.25) is 11.8 Å². The van der Waals surface area contributed by atoms with Gasteiger partial charge < -0.3 is 19.5 Å². The van der Waals surface area contributed by atoms with Gasteiger partial charge in [0.25, 0.3) is 5.56 Å². The number of nitrogens with one attached hydrogen (secondary N) is 1. The Balaban J connectivity index is 1.54. The summed E-state index contributed by atoms with van der Waals surface area (Å²) < 4.78 is 5.46. The second-order valence-electron chi connectivity index (χ2n) is 6.85. The third kappa shape index (κ3) is 4.68. The quantitative estimate of drug-likeness (QED) is 0.810. The number of pyridine rings is 1. The Labute approximate surface area is 164 Å². The van der Waals surface area contributed by atoms with E-state index < -0.39 is 0 Å². The molecule has 0 atom stereocenters. The highest BCUT2D eigenvalue weighted by Gasteiger charge is 2.22. The molecule has 3 heterocycles. The van der Waals surface area contributed by atoms with Gasteiger partial charge in [0.15, 0.2) is 0 Å². The number of carbonyl (C=O) groups excluding carboxylic acids is 1. The molecule has 1 saturated heterocycles. The van der Waals surface area contributed by atoms with Gasteiger partial charge in [0, 0.05) is 49.9 Å². The molecule has 1 fully saturated rings. The van der Waals surface area contributed by atoms with Gasteiger partial charge in [-0.05, 0) is 33.3 Å². The molecule has 1 aliphatic heterocycles. The molecule has 150 valence electrons. The summed E-state index contributed by atoms with van der Waals surface area (Å²) in [5, 5.41) is 0. The maximum atomic E-state index is 12.6. The molecule has 8 nitrogen and oxygen atoms in total. The molecule has 1 N–H and O–H groups in total. The van der Waals surface area contributed by atoms with Crippen LogP contribution in [0.5, 0.6) is 5.88 Å².